The number of rotatable bonds is 3. The zero-order valence-electron chi connectivity index (χ0n) is 15.4. The molecule has 0 radical (unpaired) electrons. The third-order valence-corrected chi connectivity index (χ3v) is 4.82. The van der Waals surface area contributed by atoms with Gasteiger partial charge < -0.3 is 14.9 Å². The van der Waals surface area contributed by atoms with Crippen LogP contribution in [-0.4, -0.2) is 24.5 Å². The van der Waals surface area contributed by atoms with Crippen molar-refractivity contribution in [2.45, 2.75) is 6.92 Å². The molecule has 0 atom stereocenters. The molecule has 2 aromatic carbocycles. The van der Waals surface area contributed by atoms with Crippen LogP contribution in [0.5, 0.6) is 0 Å². The standard InChI is InChI=1S/C21H17FN6/c1-12-9-13(7-8-15(12)22)25-20-18-14(10-28(2)21(18)24-11-23-20)19-26-16-5-3-4-6-17(16)27-19/h3-11H,1-2H3,(H,26,27)(H,23,24,25). The maximum Gasteiger partial charge on any atom is 0.145 e. The van der Waals surface area contributed by atoms with Crippen molar-refractivity contribution < 1.29 is 4.39 Å². The Kier molecular flexibility index (Phi) is 3.61. The number of nitrogens with zero attached hydrogens (tertiary/aromatic N) is 4. The van der Waals surface area contributed by atoms with Crippen LogP contribution in [0.1, 0.15) is 5.56 Å². The lowest BCUT2D eigenvalue weighted by atomic mass is 10.2. The number of H-pyrrole nitrogens is 1. The monoisotopic (exact) mass is 372 g/mol. The van der Waals surface area contributed by atoms with Gasteiger partial charge in [0.25, 0.3) is 0 Å². The normalized spacial score (nSPS) is 11.4. The largest absolute Gasteiger partial charge is 0.340 e. The van der Waals surface area contributed by atoms with E-state index in [1.807, 2.05) is 42.1 Å². The molecule has 0 saturated heterocycles. The number of anilines is 2. The first-order valence-corrected chi connectivity index (χ1v) is 8.88. The Morgan fingerprint density at radius 2 is 1.96 bits per heavy atom. The molecular formula is C21H17FN6. The molecule has 0 spiro atoms. The highest BCUT2D eigenvalue weighted by molar-refractivity contribution is 6.01. The van der Waals surface area contributed by atoms with Gasteiger partial charge in [-0.1, -0.05) is 12.1 Å². The lowest BCUT2D eigenvalue weighted by Crippen LogP contribution is -1.98. The second-order valence-corrected chi connectivity index (χ2v) is 6.77. The Morgan fingerprint density at radius 1 is 1.11 bits per heavy atom. The average molecular weight is 372 g/mol. The molecule has 0 aliphatic rings. The highest BCUT2D eigenvalue weighted by Crippen LogP contribution is 2.34. The number of aryl methyl sites for hydroxylation is 2. The number of aromatic nitrogens is 5. The summed E-state index contributed by atoms with van der Waals surface area (Å²) in [6.07, 6.45) is 3.50. The first-order valence-electron chi connectivity index (χ1n) is 8.88. The van der Waals surface area contributed by atoms with Crippen molar-refractivity contribution in [1.29, 1.82) is 0 Å². The predicted octanol–water partition coefficient (Wildman–Crippen LogP) is 4.70. The Morgan fingerprint density at radius 3 is 2.79 bits per heavy atom. The zero-order valence-corrected chi connectivity index (χ0v) is 15.4. The molecule has 0 amide bonds. The van der Waals surface area contributed by atoms with E-state index in [1.54, 1.807) is 19.1 Å². The van der Waals surface area contributed by atoms with E-state index in [0.717, 1.165) is 39.1 Å². The molecule has 0 unspecified atom stereocenters. The fourth-order valence-electron chi connectivity index (χ4n) is 3.42. The number of hydrogen-bond donors (Lipinski definition) is 2. The van der Waals surface area contributed by atoms with Gasteiger partial charge in [0, 0.05) is 24.5 Å². The van der Waals surface area contributed by atoms with E-state index < -0.39 is 0 Å². The van der Waals surface area contributed by atoms with E-state index in [-0.39, 0.29) is 5.82 Å². The van der Waals surface area contributed by atoms with Crippen LogP contribution in [0.2, 0.25) is 0 Å². The Bertz CT molecular complexity index is 1300. The summed E-state index contributed by atoms with van der Waals surface area (Å²) >= 11 is 0. The van der Waals surface area contributed by atoms with Gasteiger partial charge in [0.1, 0.15) is 29.4 Å². The summed E-state index contributed by atoms with van der Waals surface area (Å²) < 4.78 is 15.6. The van der Waals surface area contributed by atoms with Gasteiger partial charge in [0.05, 0.1) is 16.4 Å². The quantitative estimate of drug-likeness (QED) is 0.481. The minimum absolute atomic E-state index is 0.235. The number of imidazole rings is 1. The van der Waals surface area contributed by atoms with Gasteiger partial charge in [0.2, 0.25) is 0 Å². The third-order valence-electron chi connectivity index (χ3n) is 4.82. The van der Waals surface area contributed by atoms with E-state index in [1.165, 1.54) is 12.4 Å². The van der Waals surface area contributed by atoms with Crippen LogP contribution in [0.15, 0.2) is 55.0 Å². The number of halogens is 1. The molecule has 5 aromatic rings. The molecule has 0 bridgehead atoms. The molecule has 7 heteroatoms. The SMILES string of the molecule is Cc1cc(Nc2ncnc3c2c(-c2nc4ccccc4[nH]2)cn3C)ccc1F. The summed E-state index contributed by atoms with van der Waals surface area (Å²) in [6, 6.07) is 12.8. The maximum absolute atomic E-state index is 13.6. The first-order chi connectivity index (χ1) is 13.6. The molecule has 3 aromatic heterocycles. The molecule has 0 aliphatic carbocycles. The van der Waals surface area contributed by atoms with Crippen molar-refractivity contribution in [1.82, 2.24) is 24.5 Å². The van der Waals surface area contributed by atoms with Gasteiger partial charge in [-0.05, 0) is 42.8 Å². The lowest BCUT2D eigenvalue weighted by molar-refractivity contribution is 0.619. The van der Waals surface area contributed by atoms with Crippen LogP contribution in [0.4, 0.5) is 15.9 Å². The predicted molar refractivity (Wildman–Crippen MR) is 108 cm³/mol. The molecular weight excluding hydrogens is 355 g/mol. The van der Waals surface area contributed by atoms with Crippen molar-refractivity contribution in [3.05, 3.63) is 66.4 Å². The fraction of sp³-hybridized carbons (Fsp3) is 0.0952. The highest BCUT2D eigenvalue weighted by atomic mass is 19.1. The lowest BCUT2D eigenvalue weighted by Gasteiger charge is -2.09. The van der Waals surface area contributed by atoms with E-state index >= 15 is 0 Å². The number of benzene rings is 2. The number of para-hydroxylation sites is 2. The molecule has 2 N–H and O–H groups in total. The van der Waals surface area contributed by atoms with Crippen LogP contribution in [-0.2, 0) is 7.05 Å². The zero-order chi connectivity index (χ0) is 19.3. The maximum atomic E-state index is 13.6. The second kappa shape index (κ2) is 6.16. The van der Waals surface area contributed by atoms with Gasteiger partial charge in [0.15, 0.2) is 0 Å². The Hall–Kier alpha value is -3.74. The highest BCUT2D eigenvalue weighted by Gasteiger charge is 2.18. The molecule has 5 rings (SSSR count). The third kappa shape index (κ3) is 2.60. The summed E-state index contributed by atoms with van der Waals surface area (Å²) in [6.45, 7) is 1.73. The van der Waals surface area contributed by atoms with Crippen molar-refractivity contribution in [3.8, 4) is 11.4 Å². The van der Waals surface area contributed by atoms with Crippen LogP contribution >= 0.6 is 0 Å². The van der Waals surface area contributed by atoms with Gasteiger partial charge in [-0.25, -0.2) is 19.3 Å². The summed E-state index contributed by atoms with van der Waals surface area (Å²) in [5, 5.41) is 4.15. The topological polar surface area (TPSA) is 71.4 Å². The number of aromatic amines is 1. The Labute approximate surface area is 160 Å². The summed E-state index contributed by atoms with van der Waals surface area (Å²) in [4.78, 5) is 16.9. The molecule has 3 heterocycles. The van der Waals surface area contributed by atoms with Crippen molar-refractivity contribution in [3.63, 3.8) is 0 Å². The van der Waals surface area contributed by atoms with Gasteiger partial charge >= 0.3 is 0 Å². The molecule has 138 valence electrons. The van der Waals surface area contributed by atoms with Crippen molar-refractivity contribution >= 4 is 33.6 Å². The van der Waals surface area contributed by atoms with Crippen LogP contribution < -0.4 is 5.32 Å². The number of hydrogen-bond acceptors (Lipinski definition) is 4. The number of fused-ring (bicyclic) bond motifs is 2. The Balaban J connectivity index is 1.69. The molecule has 0 fully saturated rings. The second-order valence-electron chi connectivity index (χ2n) is 6.77. The minimum atomic E-state index is -0.235. The first kappa shape index (κ1) is 16.4. The van der Waals surface area contributed by atoms with Crippen LogP contribution in [0, 0.1) is 12.7 Å². The number of nitrogens with one attached hydrogen (secondary N) is 2. The smallest absolute Gasteiger partial charge is 0.145 e. The summed E-state index contributed by atoms with van der Waals surface area (Å²) in [7, 11) is 1.94. The van der Waals surface area contributed by atoms with Gasteiger partial charge in [-0.3, -0.25) is 0 Å². The minimum Gasteiger partial charge on any atom is -0.340 e. The van der Waals surface area contributed by atoms with E-state index in [9.17, 15) is 4.39 Å². The van der Waals surface area contributed by atoms with Gasteiger partial charge in [-0.15, -0.1) is 0 Å². The van der Waals surface area contributed by atoms with E-state index in [4.69, 9.17) is 4.98 Å². The molecule has 6 nitrogen and oxygen atoms in total. The molecule has 0 aliphatic heterocycles. The van der Waals surface area contributed by atoms with Crippen molar-refractivity contribution in [2.75, 3.05) is 5.32 Å². The molecule has 28 heavy (non-hydrogen) atoms. The van der Waals surface area contributed by atoms with Crippen LogP contribution in [0.25, 0.3) is 33.5 Å². The molecule has 0 saturated carbocycles. The van der Waals surface area contributed by atoms with Crippen LogP contribution in [0.3, 0.4) is 0 Å². The average Bonchev–Trinajstić information content (AvgIpc) is 3.27. The summed E-state index contributed by atoms with van der Waals surface area (Å²) in [5.41, 5.74) is 4.88. The van der Waals surface area contributed by atoms with E-state index in [2.05, 4.69) is 20.3 Å². The van der Waals surface area contributed by atoms with E-state index in [0.29, 0.717) is 11.4 Å². The van der Waals surface area contributed by atoms with Gasteiger partial charge in [-0.2, -0.15) is 0 Å². The fourth-order valence-corrected chi connectivity index (χ4v) is 3.42. The van der Waals surface area contributed by atoms with Crippen molar-refractivity contribution in [2.24, 2.45) is 7.05 Å². The summed E-state index contributed by atoms with van der Waals surface area (Å²) in [5.74, 6) is 1.16.